The van der Waals surface area contributed by atoms with Gasteiger partial charge in [-0.1, -0.05) is 0 Å². The largest absolute Gasteiger partial charge is 0.660 e. The zero-order valence-electron chi connectivity index (χ0n) is 6.09. The fourth-order valence-electron chi connectivity index (χ4n) is 1.43. The Hall–Kier alpha value is 0.582. The molecule has 10 heavy (non-hydrogen) atoms. The van der Waals surface area contributed by atoms with Crippen molar-refractivity contribution in [2.45, 2.75) is 18.9 Å². The Kier molecular flexibility index (Phi) is 3.32. The summed E-state index contributed by atoms with van der Waals surface area (Å²) < 4.78 is 0. The molecule has 1 radical (unpaired) electrons. The van der Waals surface area contributed by atoms with Gasteiger partial charge in [0.1, 0.15) is 0 Å². The first kappa shape index (κ1) is 8.68. The Bertz CT molecular complexity index is 97.8. The number of rotatable bonds is 1. The second-order valence-corrected chi connectivity index (χ2v) is 2.94. The first-order valence-corrected chi connectivity index (χ1v) is 3.84. The van der Waals surface area contributed by atoms with E-state index in [1.165, 1.54) is 25.9 Å². The molecule has 0 N–H and O–H groups in total. The van der Waals surface area contributed by atoms with E-state index in [2.05, 4.69) is 10.2 Å². The van der Waals surface area contributed by atoms with Gasteiger partial charge < -0.3 is 10.2 Å². The number of piperazine rings is 1. The van der Waals surface area contributed by atoms with Gasteiger partial charge in [0.05, 0.1) is 0 Å². The molecule has 2 fully saturated rings. The van der Waals surface area contributed by atoms with Gasteiger partial charge >= 0.3 is 0 Å². The summed E-state index contributed by atoms with van der Waals surface area (Å²) in [4.78, 5) is 2.58. The minimum absolute atomic E-state index is 0. The average Bonchev–Trinajstić information content (AvgIpc) is 2.71. The predicted molar refractivity (Wildman–Crippen MR) is 37.7 cm³/mol. The summed E-state index contributed by atoms with van der Waals surface area (Å²) in [5.41, 5.74) is 0. The Morgan fingerprint density at radius 1 is 1.10 bits per heavy atom. The zero-order chi connectivity index (χ0) is 6.10. The number of hydrogen-bond acceptors (Lipinski definition) is 1. The number of nitrogens with zero attached hydrogens (tertiary/aromatic N) is 2. The monoisotopic (exact) mass is 312 g/mol. The molecule has 1 heterocycles. The molecule has 1 saturated carbocycles. The third kappa shape index (κ3) is 2.03. The normalized spacial score (nSPS) is 27.6. The zero-order valence-corrected chi connectivity index (χ0v) is 8.81. The van der Waals surface area contributed by atoms with Crippen molar-refractivity contribution in [1.82, 2.24) is 4.90 Å². The van der Waals surface area contributed by atoms with E-state index in [0.29, 0.717) is 0 Å². The van der Waals surface area contributed by atoms with Gasteiger partial charge in [-0.2, -0.15) is 0 Å². The van der Waals surface area contributed by atoms with Crippen molar-refractivity contribution >= 4 is 0 Å². The van der Waals surface area contributed by atoms with E-state index in [9.17, 15) is 0 Å². The van der Waals surface area contributed by atoms with Crippen molar-refractivity contribution in [3.8, 4) is 0 Å². The van der Waals surface area contributed by atoms with Crippen molar-refractivity contribution in [3.05, 3.63) is 5.32 Å². The summed E-state index contributed by atoms with van der Waals surface area (Å²) in [6.07, 6.45) is 2.89. The molecule has 0 amide bonds. The molecule has 3 heteroatoms. The van der Waals surface area contributed by atoms with Crippen molar-refractivity contribution in [3.63, 3.8) is 0 Å². The van der Waals surface area contributed by atoms with Crippen LogP contribution in [0.15, 0.2) is 0 Å². The van der Waals surface area contributed by atoms with E-state index in [1.807, 2.05) is 0 Å². The second-order valence-electron chi connectivity index (χ2n) is 2.94. The average molecular weight is 311 g/mol. The van der Waals surface area contributed by atoms with Crippen LogP contribution in [0.3, 0.4) is 0 Å². The van der Waals surface area contributed by atoms with E-state index in [1.54, 1.807) is 0 Å². The maximum Gasteiger partial charge on any atom is 0.00950 e. The first-order valence-electron chi connectivity index (χ1n) is 3.84. The maximum absolute atomic E-state index is 4.30. The summed E-state index contributed by atoms with van der Waals surface area (Å²) >= 11 is 0. The molecule has 2 aliphatic rings. The Morgan fingerprint density at radius 3 is 2.20 bits per heavy atom. The van der Waals surface area contributed by atoms with Crippen LogP contribution in [0, 0.1) is 0 Å². The van der Waals surface area contributed by atoms with Crippen LogP contribution < -0.4 is 0 Å². The molecule has 1 aliphatic carbocycles. The molecule has 59 valence electrons. The van der Waals surface area contributed by atoms with Gasteiger partial charge in [-0.05, 0) is 25.9 Å². The summed E-state index contributed by atoms with van der Waals surface area (Å²) in [7, 11) is 0. The minimum atomic E-state index is 0. The van der Waals surface area contributed by atoms with Crippen molar-refractivity contribution in [2.75, 3.05) is 26.2 Å². The van der Waals surface area contributed by atoms with Crippen molar-refractivity contribution in [1.29, 1.82) is 0 Å². The SMILES string of the molecule is C1CN(C2CC2)CC[N-]1.[Re]. The second kappa shape index (κ2) is 3.83. The molecule has 0 aromatic rings. The van der Waals surface area contributed by atoms with Crippen LogP contribution in [0.1, 0.15) is 12.8 Å². The van der Waals surface area contributed by atoms with Crippen LogP contribution >= 0.6 is 0 Å². The van der Waals surface area contributed by atoms with E-state index >= 15 is 0 Å². The summed E-state index contributed by atoms with van der Waals surface area (Å²) in [6, 6.07) is 0.959. The maximum atomic E-state index is 4.30. The van der Waals surface area contributed by atoms with Crippen LogP contribution in [0.2, 0.25) is 0 Å². The summed E-state index contributed by atoms with van der Waals surface area (Å²) in [5, 5.41) is 4.30. The third-order valence-electron chi connectivity index (χ3n) is 2.15. The Balaban J connectivity index is 0.000000500. The molecule has 0 bridgehead atoms. The first-order chi connectivity index (χ1) is 4.47. The molecule has 0 aromatic carbocycles. The van der Waals surface area contributed by atoms with Gasteiger partial charge in [0.15, 0.2) is 0 Å². The molecule has 0 aromatic heterocycles. The molecular formula is C7H13N2Re-. The predicted octanol–water partition coefficient (Wildman–Crippen LogP) is 0.836. The fraction of sp³-hybridized carbons (Fsp3) is 1.00. The summed E-state index contributed by atoms with van der Waals surface area (Å²) in [5.74, 6) is 0. The van der Waals surface area contributed by atoms with Crippen LogP contribution in [-0.2, 0) is 20.4 Å². The van der Waals surface area contributed by atoms with Gasteiger partial charge in [-0.25, -0.2) is 0 Å². The smallest absolute Gasteiger partial charge is 0.00950 e. The number of hydrogen-bond donors (Lipinski definition) is 0. The van der Waals surface area contributed by atoms with Gasteiger partial charge in [0.2, 0.25) is 0 Å². The van der Waals surface area contributed by atoms with Crippen LogP contribution in [0.25, 0.3) is 5.32 Å². The van der Waals surface area contributed by atoms with E-state index in [0.717, 1.165) is 19.1 Å². The van der Waals surface area contributed by atoms with Crippen molar-refractivity contribution < 1.29 is 20.4 Å². The van der Waals surface area contributed by atoms with E-state index < -0.39 is 0 Å². The molecule has 0 unspecified atom stereocenters. The van der Waals surface area contributed by atoms with E-state index in [-0.39, 0.29) is 20.4 Å². The standard InChI is InChI=1S/C7H13N2.Re/c1-2-7(1)9-5-3-8-4-6-9;/h7H,1-6H2;/q-1;. The van der Waals surface area contributed by atoms with Crippen molar-refractivity contribution in [2.24, 2.45) is 0 Å². The van der Waals surface area contributed by atoms with Crippen LogP contribution in [0.5, 0.6) is 0 Å². The molecular weight excluding hydrogens is 298 g/mol. The Morgan fingerprint density at radius 2 is 1.70 bits per heavy atom. The van der Waals surface area contributed by atoms with Crippen LogP contribution in [-0.4, -0.2) is 37.1 Å². The molecule has 1 saturated heterocycles. The quantitative estimate of drug-likeness (QED) is 0.701. The topological polar surface area (TPSA) is 17.3 Å². The fourth-order valence-corrected chi connectivity index (χ4v) is 1.43. The molecule has 1 aliphatic heterocycles. The minimum Gasteiger partial charge on any atom is -0.660 e. The van der Waals surface area contributed by atoms with Crippen LogP contribution in [0.4, 0.5) is 0 Å². The van der Waals surface area contributed by atoms with Gasteiger partial charge in [0.25, 0.3) is 0 Å². The van der Waals surface area contributed by atoms with Gasteiger partial charge in [-0.3, -0.25) is 0 Å². The molecule has 0 spiro atoms. The molecule has 2 nitrogen and oxygen atoms in total. The van der Waals surface area contributed by atoms with Gasteiger partial charge in [-0.15, -0.1) is 13.1 Å². The summed E-state index contributed by atoms with van der Waals surface area (Å²) in [6.45, 7) is 4.61. The van der Waals surface area contributed by atoms with E-state index in [4.69, 9.17) is 0 Å². The third-order valence-corrected chi connectivity index (χ3v) is 2.15. The Labute approximate surface area is 76.0 Å². The van der Waals surface area contributed by atoms with Gasteiger partial charge in [0, 0.05) is 26.5 Å². The molecule has 0 atom stereocenters. The molecule has 2 rings (SSSR count).